The minimum Gasteiger partial charge on any atom is -0.392 e. The number of Topliss-reactive ketones (excluding diaryl/α,β-unsaturated/α-hetero) is 1. The number of likely N-dealkylation sites (tertiary alicyclic amines) is 1. The van der Waals surface area contributed by atoms with Crippen LogP contribution in [0.3, 0.4) is 0 Å². The molecule has 0 amide bonds. The van der Waals surface area contributed by atoms with Gasteiger partial charge in [-0.1, -0.05) is 23.7 Å². The van der Waals surface area contributed by atoms with Crippen molar-refractivity contribution in [1.29, 1.82) is 0 Å². The Morgan fingerprint density at radius 3 is 2.86 bits per heavy atom. The molecule has 0 bridgehead atoms. The maximum absolute atomic E-state index is 12.6. The molecule has 1 aromatic rings. The predicted octanol–water partition coefficient (Wildman–Crippen LogP) is 1.91. The average Bonchev–Trinajstić information content (AvgIpc) is 2.77. The van der Waals surface area contributed by atoms with E-state index >= 15 is 0 Å². The Morgan fingerprint density at radius 1 is 1.52 bits per heavy atom. The van der Waals surface area contributed by atoms with E-state index in [0.717, 1.165) is 6.54 Å². The first kappa shape index (κ1) is 16.4. The third-order valence-corrected chi connectivity index (χ3v) is 4.23. The van der Waals surface area contributed by atoms with E-state index in [1.54, 1.807) is 24.3 Å². The molecule has 0 aromatic heterocycles. The summed E-state index contributed by atoms with van der Waals surface area (Å²) in [5.41, 5.74) is 0.625. The lowest BCUT2D eigenvalue weighted by Crippen LogP contribution is -2.46. The van der Waals surface area contributed by atoms with Crippen LogP contribution in [0, 0.1) is 0 Å². The van der Waals surface area contributed by atoms with Crippen molar-refractivity contribution in [1.82, 2.24) is 9.80 Å². The zero-order valence-corrected chi connectivity index (χ0v) is 13.5. The van der Waals surface area contributed by atoms with E-state index in [2.05, 4.69) is 9.80 Å². The van der Waals surface area contributed by atoms with E-state index < -0.39 is 0 Å². The molecule has 1 aliphatic rings. The summed E-state index contributed by atoms with van der Waals surface area (Å²) in [6.45, 7) is 3.29. The molecule has 1 aliphatic heterocycles. The number of halogens is 1. The number of carbonyl (C=O) groups is 1. The first-order chi connectivity index (χ1) is 9.88. The van der Waals surface area contributed by atoms with Crippen molar-refractivity contribution in [2.75, 3.05) is 27.2 Å². The van der Waals surface area contributed by atoms with Gasteiger partial charge in [0.15, 0.2) is 5.78 Å². The summed E-state index contributed by atoms with van der Waals surface area (Å²) in [4.78, 5) is 16.8. The first-order valence-electron chi connectivity index (χ1n) is 7.26. The quantitative estimate of drug-likeness (QED) is 0.844. The fourth-order valence-electron chi connectivity index (χ4n) is 3.03. The molecule has 3 atom stereocenters. The van der Waals surface area contributed by atoms with Crippen LogP contribution in [0.15, 0.2) is 24.3 Å². The molecule has 116 valence electrons. The summed E-state index contributed by atoms with van der Waals surface area (Å²) in [5.74, 6) is 0.0513. The second kappa shape index (κ2) is 6.88. The smallest absolute Gasteiger partial charge is 0.179 e. The van der Waals surface area contributed by atoms with Crippen molar-refractivity contribution in [3.63, 3.8) is 0 Å². The molecule has 1 fully saturated rings. The highest BCUT2D eigenvalue weighted by molar-refractivity contribution is 6.31. The molecule has 4 nitrogen and oxygen atoms in total. The summed E-state index contributed by atoms with van der Waals surface area (Å²) >= 11 is 5.96. The number of likely N-dealkylation sites (N-methyl/N-ethyl adjacent to an activating group) is 1. The van der Waals surface area contributed by atoms with Gasteiger partial charge in [-0.25, -0.2) is 0 Å². The van der Waals surface area contributed by atoms with Gasteiger partial charge in [0, 0.05) is 29.7 Å². The molecule has 1 N–H and O–H groups in total. The lowest BCUT2D eigenvalue weighted by Gasteiger charge is -2.31. The number of hydrogen-bond acceptors (Lipinski definition) is 4. The van der Waals surface area contributed by atoms with Gasteiger partial charge in [-0.2, -0.15) is 0 Å². The largest absolute Gasteiger partial charge is 0.392 e. The van der Waals surface area contributed by atoms with Crippen molar-refractivity contribution in [2.45, 2.75) is 31.5 Å². The highest BCUT2D eigenvalue weighted by Gasteiger charge is 2.36. The molecule has 0 spiro atoms. The third kappa shape index (κ3) is 4.04. The van der Waals surface area contributed by atoms with E-state index in [1.165, 1.54) is 0 Å². The van der Waals surface area contributed by atoms with Crippen LogP contribution in [0.4, 0.5) is 0 Å². The lowest BCUT2D eigenvalue weighted by atomic mass is 10.0. The van der Waals surface area contributed by atoms with E-state index in [-0.39, 0.29) is 24.0 Å². The monoisotopic (exact) mass is 310 g/mol. The van der Waals surface area contributed by atoms with Crippen molar-refractivity contribution in [3.05, 3.63) is 34.9 Å². The molecule has 0 aliphatic carbocycles. The van der Waals surface area contributed by atoms with Crippen LogP contribution in [0.1, 0.15) is 23.7 Å². The maximum Gasteiger partial charge on any atom is 0.179 e. The minimum atomic E-state index is -0.357. The van der Waals surface area contributed by atoms with Crippen molar-refractivity contribution in [3.8, 4) is 0 Å². The molecule has 1 aromatic carbocycles. The Kier molecular flexibility index (Phi) is 5.38. The van der Waals surface area contributed by atoms with Gasteiger partial charge in [-0.15, -0.1) is 0 Å². The maximum atomic E-state index is 12.6. The van der Waals surface area contributed by atoms with Gasteiger partial charge in [0.1, 0.15) is 0 Å². The molecule has 21 heavy (non-hydrogen) atoms. The number of aliphatic hydroxyl groups is 1. The summed E-state index contributed by atoms with van der Waals surface area (Å²) in [7, 11) is 4.01. The van der Waals surface area contributed by atoms with Gasteiger partial charge in [-0.05, 0) is 39.6 Å². The van der Waals surface area contributed by atoms with Gasteiger partial charge >= 0.3 is 0 Å². The molecular weight excluding hydrogens is 288 g/mol. The van der Waals surface area contributed by atoms with Crippen LogP contribution >= 0.6 is 11.6 Å². The fourth-order valence-corrected chi connectivity index (χ4v) is 3.22. The Bertz CT molecular complexity index is 507. The number of nitrogens with zero attached hydrogens (tertiary/aromatic N) is 2. The Labute approximate surface area is 131 Å². The average molecular weight is 311 g/mol. The van der Waals surface area contributed by atoms with Crippen molar-refractivity contribution < 1.29 is 9.90 Å². The second-order valence-electron chi connectivity index (χ2n) is 6.05. The van der Waals surface area contributed by atoms with Gasteiger partial charge in [-0.3, -0.25) is 9.69 Å². The summed E-state index contributed by atoms with van der Waals surface area (Å²) < 4.78 is 0. The molecule has 2 rings (SSSR count). The molecule has 1 saturated heterocycles. The number of rotatable bonds is 5. The van der Waals surface area contributed by atoms with Crippen LogP contribution in [-0.2, 0) is 0 Å². The zero-order chi connectivity index (χ0) is 15.6. The summed E-state index contributed by atoms with van der Waals surface area (Å²) in [5, 5.41) is 10.5. The number of hydrogen-bond donors (Lipinski definition) is 1. The molecule has 3 unspecified atom stereocenters. The standard InChI is InChI=1S/C16H23ClN2O2/c1-11(16(21)12-5-4-6-13(17)7-12)19-10-15(20)8-14(19)9-18(2)3/h4-7,11,14-15,20H,8-10H2,1-3H3. The van der Waals surface area contributed by atoms with E-state index in [9.17, 15) is 9.90 Å². The number of aliphatic hydroxyl groups excluding tert-OH is 1. The fraction of sp³-hybridized carbons (Fsp3) is 0.562. The molecule has 5 heteroatoms. The van der Waals surface area contributed by atoms with Crippen LogP contribution in [0.25, 0.3) is 0 Å². The summed E-state index contributed by atoms with van der Waals surface area (Å²) in [6.07, 6.45) is 0.357. The number of ketones is 1. The number of carbonyl (C=O) groups excluding carboxylic acids is 1. The highest BCUT2D eigenvalue weighted by Crippen LogP contribution is 2.23. The summed E-state index contributed by atoms with van der Waals surface area (Å²) in [6, 6.07) is 6.99. The zero-order valence-electron chi connectivity index (χ0n) is 12.8. The third-order valence-electron chi connectivity index (χ3n) is 4.00. The number of benzene rings is 1. The number of β-amino-alcohol motifs (C(OH)–C–C–N with tert-alkyl or cyclic N) is 1. The van der Waals surface area contributed by atoms with Gasteiger partial charge < -0.3 is 10.0 Å². The lowest BCUT2D eigenvalue weighted by molar-refractivity contribution is 0.0783. The van der Waals surface area contributed by atoms with Crippen LogP contribution in [0.5, 0.6) is 0 Å². The van der Waals surface area contributed by atoms with Gasteiger partial charge in [0.25, 0.3) is 0 Å². The van der Waals surface area contributed by atoms with E-state index in [4.69, 9.17) is 11.6 Å². The van der Waals surface area contributed by atoms with Crippen molar-refractivity contribution >= 4 is 17.4 Å². The Morgan fingerprint density at radius 2 is 2.24 bits per heavy atom. The molecule has 1 heterocycles. The van der Waals surface area contributed by atoms with E-state index in [1.807, 2.05) is 21.0 Å². The normalized spacial score (nSPS) is 24.5. The molecule has 0 radical (unpaired) electrons. The van der Waals surface area contributed by atoms with Crippen LogP contribution in [0.2, 0.25) is 5.02 Å². The van der Waals surface area contributed by atoms with Crippen LogP contribution in [-0.4, -0.2) is 66.1 Å². The SMILES string of the molecule is CC(C(=O)c1cccc(Cl)c1)N1CC(O)CC1CN(C)C. The Balaban J connectivity index is 2.13. The van der Waals surface area contributed by atoms with Crippen molar-refractivity contribution in [2.24, 2.45) is 0 Å². The minimum absolute atomic E-state index is 0.0513. The van der Waals surface area contributed by atoms with E-state index in [0.29, 0.717) is 23.6 Å². The second-order valence-corrected chi connectivity index (χ2v) is 6.49. The molecular formula is C16H23ClN2O2. The highest BCUT2D eigenvalue weighted by atomic mass is 35.5. The van der Waals surface area contributed by atoms with Gasteiger partial charge in [0.05, 0.1) is 12.1 Å². The Hall–Kier alpha value is -0.940. The predicted molar refractivity (Wildman–Crippen MR) is 84.9 cm³/mol. The first-order valence-corrected chi connectivity index (χ1v) is 7.64. The van der Waals surface area contributed by atoms with Crippen LogP contribution < -0.4 is 0 Å². The molecule has 0 saturated carbocycles. The van der Waals surface area contributed by atoms with Gasteiger partial charge in [0.2, 0.25) is 0 Å². The topological polar surface area (TPSA) is 43.8 Å².